The lowest BCUT2D eigenvalue weighted by Gasteiger charge is -2.26. The number of imidazole rings is 1. The Hall–Kier alpha value is -2.02. The van der Waals surface area contributed by atoms with Crippen molar-refractivity contribution in [1.29, 1.82) is 0 Å². The molecule has 0 radical (unpaired) electrons. The number of carbonyl (C=O) groups is 1. The summed E-state index contributed by atoms with van der Waals surface area (Å²) >= 11 is 1.70. The lowest BCUT2D eigenvalue weighted by atomic mass is 10.1. The fourth-order valence-corrected chi connectivity index (χ4v) is 3.01. The number of pyridine rings is 1. The number of ether oxygens (including phenoxy) is 1. The topological polar surface area (TPSA) is 71.1 Å². The van der Waals surface area contributed by atoms with E-state index in [0.717, 1.165) is 41.5 Å². The summed E-state index contributed by atoms with van der Waals surface area (Å²) in [5, 5.41) is 0. The fourth-order valence-electron chi connectivity index (χ4n) is 2.63. The highest BCUT2D eigenvalue weighted by molar-refractivity contribution is 7.98. The van der Waals surface area contributed by atoms with E-state index < -0.39 is 0 Å². The number of rotatable bonds is 5. The van der Waals surface area contributed by atoms with Gasteiger partial charge in [-0.3, -0.25) is 4.79 Å². The predicted molar refractivity (Wildman–Crippen MR) is 90.5 cm³/mol. The van der Waals surface area contributed by atoms with Gasteiger partial charge in [0.15, 0.2) is 0 Å². The van der Waals surface area contributed by atoms with Crippen LogP contribution in [0.5, 0.6) is 5.88 Å². The van der Waals surface area contributed by atoms with Crippen LogP contribution in [0, 0.1) is 0 Å². The Labute approximate surface area is 139 Å². The van der Waals surface area contributed by atoms with Gasteiger partial charge < -0.3 is 14.6 Å². The molecule has 6 nitrogen and oxygen atoms in total. The molecule has 0 spiro atoms. The zero-order valence-electron chi connectivity index (χ0n) is 13.3. The smallest absolute Gasteiger partial charge is 0.223 e. The van der Waals surface area contributed by atoms with Crippen LogP contribution in [0.4, 0.5) is 0 Å². The van der Waals surface area contributed by atoms with Crippen molar-refractivity contribution >= 4 is 17.7 Å². The van der Waals surface area contributed by atoms with Gasteiger partial charge in [-0.25, -0.2) is 9.97 Å². The van der Waals surface area contributed by atoms with Crippen LogP contribution in [0.3, 0.4) is 0 Å². The van der Waals surface area contributed by atoms with Crippen molar-refractivity contribution in [3.63, 3.8) is 0 Å². The molecule has 0 fully saturated rings. The van der Waals surface area contributed by atoms with Gasteiger partial charge in [0.25, 0.3) is 0 Å². The van der Waals surface area contributed by atoms with Crippen molar-refractivity contribution in [2.75, 3.05) is 25.7 Å². The molecular weight excluding hydrogens is 312 g/mol. The summed E-state index contributed by atoms with van der Waals surface area (Å²) in [7, 11) is 1.59. The summed E-state index contributed by atoms with van der Waals surface area (Å²) in [5.74, 6) is 2.46. The third-order valence-electron chi connectivity index (χ3n) is 3.92. The Bertz CT molecular complexity index is 684. The maximum atomic E-state index is 12.2. The molecule has 1 amide bonds. The van der Waals surface area contributed by atoms with Crippen LogP contribution in [-0.4, -0.2) is 51.4 Å². The van der Waals surface area contributed by atoms with Gasteiger partial charge in [0.2, 0.25) is 11.8 Å². The molecule has 1 aliphatic rings. The van der Waals surface area contributed by atoms with Gasteiger partial charge in [-0.2, -0.15) is 11.8 Å². The summed E-state index contributed by atoms with van der Waals surface area (Å²) in [6, 6.07) is 3.74. The molecule has 3 rings (SSSR count). The Morgan fingerprint density at radius 2 is 2.35 bits per heavy atom. The van der Waals surface area contributed by atoms with Crippen LogP contribution in [0.15, 0.2) is 18.3 Å². The summed E-state index contributed by atoms with van der Waals surface area (Å²) in [6.07, 6.45) is 5.15. The first-order valence-corrected chi connectivity index (χ1v) is 8.95. The van der Waals surface area contributed by atoms with Crippen molar-refractivity contribution in [3.8, 4) is 17.3 Å². The Balaban J connectivity index is 1.74. The number of carbonyl (C=O) groups excluding carboxylic acids is 1. The van der Waals surface area contributed by atoms with Crippen LogP contribution in [0.25, 0.3) is 11.4 Å². The maximum absolute atomic E-state index is 12.2. The highest BCUT2D eigenvalue weighted by Crippen LogP contribution is 2.23. The number of aromatic nitrogens is 3. The van der Waals surface area contributed by atoms with Crippen molar-refractivity contribution in [3.05, 3.63) is 29.7 Å². The number of nitrogens with one attached hydrogen (secondary N) is 1. The molecule has 0 saturated heterocycles. The first-order chi connectivity index (χ1) is 11.2. The molecule has 3 heterocycles. The molecule has 1 aliphatic heterocycles. The van der Waals surface area contributed by atoms with Crippen LogP contribution in [0.2, 0.25) is 0 Å². The minimum absolute atomic E-state index is 0.215. The van der Waals surface area contributed by atoms with Gasteiger partial charge in [-0.05, 0) is 12.3 Å². The minimum Gasteiger partial charge on any atom is -0.481 e. The highest BCUT2D eigenvalue weighted by atomic mass is 32.2. The van der Waals surface area contributed by atoms with Gasteiger partial charge in [0, 0.05) is 43.0 Å². The summed E-state index contributed by atoms with van der Waals surface area (Å²) in [5.41, 5.74) is 2.99. The fraction of sp³-hybridized carbons (Fsp3) is 0.438. The second-order valence-corrected chi connectivity index (χ2v) is 6.39. The number of aromatic amines is 1. The van der Waals surface area contributed by atoms with Crippen LogP contribution < -0.4 is 4.74 Å². The second kappa shape index (κ2) is 7.04. The van der Waals surface area contributed by atoms with Crippen LogP contribution in [0.1, 0.15) is 17.8 Å². The van der Waals surface area contributed by atoms with Crippen molar-refractivity contribution in [1.82, 2.24) is 19.9 Å². The third kappa shape index (κ3) is 3.50. The number of thioether (sulfide) groups is 1. The van der Waals surface area contributed by atoms with E-state index in [-0.39, 0.29) is 5.91 Å². The average molecular weight is 332 g/mol. The Morgan fingerprint density at radius 1 is 1.48 bits per heavy atom. The first-order valence-electron chi connectivity index (χ1n) is 7.56. The van der Waals surface area contributed by atoms with Gasteiger partial charge in [0.1, 0.15) is 5.82 Å². The van der Waals surface area contributed by atoms with Gasteiger partial charge in [-0.15, -0.1) is 0 Å². The lowest BCUT2D eigenvalue weighted by Crippen LogP contribution is -2.36. The molecule has 0 saturated carbocycles. The summed E-state index contributed by atoms with van der Waals surface area (Å²) in [4.78, 5) is 26.3. The zero-order chi connectivity index (χ0) is 16.2. The molecule has 2 aromatic rings. The molecule has 0 aromatic carbocycles. The zero-order valence-corrected chi connectivity index (χ0v) is 14.2. The molecule has 23 heavy (non-hydrogen) atoms. The summed E-state index contributed by atoms with van der Waals surface area (Å²) in [6.45, 7) is 1.35. The standard InChI is InChI=1S/C16H20N4O2S/c1-22-14-4-3-11(9-17-14)16-18-12-5-7-20(10-13(12)19-16)15(21)6-8-23-2/h3-4,9H,5-8,10H2,1-2H3,(H,18,19). The van der Waals surface area contributed by atoms with E-state index in [0.29, 0.717) is 18.8 Å². The van der Waals surface area contributed by atoms with E-state index in [4.69, 9.17) is 4.74 Å². The number of amides is 1. The number of hydrogen-bond acceptors (Lipinski definition) is 5. The molecule has 2 aromatic heterocycles. The van der Waals surface area contributed by atoms with Gasteiger partial charge in [-0.1, -0.05) is 0 Å². The molecule has 0 aliphatic carbocycles. The van der Waals surface area contributed by atoms with Crippen molar-refractivity contribution < 1.29 is 9.53 Å². The normalized spacial score (nSPS) is 13.7. The first kappa shape index (κ1) is 15.9. The Kier molecular flexibility index (Phi) is 4.85. The Morgan fingerprint density at radius 3 is 3.04 bits per heavy atom. The highest BCUT2D eigenvalue weighted by Gasteiger charge is 2.23. The van der Waals surface area contributed by atoms with E-state index in [9.17, 15) is 4.79 Å². The average Bonchev–Trinajstić information content (AvgIpc) is 3.02. The quantitative estimate of drug-likeness (QED) is 0.908. The molecule has 1 N–H and O–H groups in total. The predicted octanol–water partition coefficient (Wildman–Crippen LogP) is 2.12. The van der Waals surface area contributed by atoms with E-state index in [1.54, 1.807) is 25.1 Å². The van der Waals surface area contributed by atoms with E-state index in [1.807, 2.05) is 23.3 Å². The van der Waals surface area contributed by atoms with E-state index >= 15 is 0 Å². The van der Waals surface area contributed by atoms with Crippen LogP contribution >= 0.6 is 11.8 Å². The number of hydrogen-bond donors (Lipinski definition) is 1. The molecule has 0 atom stereocenters. The molecule has 0 bridgehead atoms. The maximum Gasteiger partial charge on any atom is 0.223 e. The van der Waals surface area contributed by atoms with E-state index in [1.165, 1.54) is 0 Å². The lowest BCUT2D eigenvalue weighted by molar-refractivity contribution is -0.131. The number of nitrogens with zero attached hydrogens (tertiary/aromatic N) is 3. The van der Waals surface area contributed by atoms with Crippen molar-refractivity contribution in [2.24, 2.45) is 0 Å². The monoisotopic (exact) mass is 332 g/mol. The number of fused-ring (bicyclic) bond motifs is 1. The SMILES string of the molecule is COc1ccc(-c2nc3c([nH]2)CN(C(=O)CCSC)CC3)cn1. The van der Waals surface area contributed by atoms with Gasteiger partial charge in [0.05, 0.1) is 25.0 Å². The minimum atomic E-state index is 0.215. The van der Waals surface area contributed by atoms with Crippen LogP contribution in [-0.2, 0) is 17.8 Å². The van der Waals surface area contributed by atoms with Crippen molar-refractivity contribution in [2.45, 2.75) is 19.4 Å². The third-order valence-corrected chi connectivity index (χ3v) is 4.54. The van der Waals surface area contributed by atoms with E-state index in [2.05, 4.69) is 15.0 Å². The molecule has 122 valence electrons. The largest absolute Gasteiger partial charge is 0.481 e. The molecule has 0 unspecified atom stereocenters. The number of H-pyrrole nitrogens is 1. The molecular formula is C16H20N4O2S. The second-order valence-electron chi connectivity index (χ2n) is 5.41. The summed E-state index contributed by atoms with van der Waals surface area (Å²) < 4.78 is 5.07. The van der Waals surface area contributed by atoms with Gasteiger partial charge >= 0.3 is 0 Å². The molecule has 7 heteroatoms. The number of methoxy groups -OCH3 is 1.